The smallest absolute Gasteiger partial charge is 0.253 e. The number of amides is 2. The fourth-order valence-corrected chi connectivity index (χ4v) is 3.81. The number of nitrogens with one attached hydrogen (secondary N) is 1. The standard InChI is InChI=1S/C22H24ClFN2O2/c1-3-21(27)25-17-9-10-18(13-17)26(2)22(28)15-6-4-14(5-7-15)19-11-8-16(23)12-20(19)24/h4-8,11-12,17-18H,3,9-10,13H2,1-2H3,(H,25,27)/t17?,18-/m0/s1. The Kier molecular flexibility index (Phi) is 6.35. The van der Waals surface area contributed by atoms with E-state index in [9.17, 15) is 14.0 Å². The van der Waals surface area contributed by atoms with E-state index in [0.29, 0.717) is 28.1 Å². The van der Waals surface area contributed by atoms with Crippen molar-refractivity contribution in [3.8, 4) is 11.1 Å². The normalized spacial score (nSPS) is 18.7. The predicted octanol–water partition coefficient (Wildman–Crippen LogP) is 4.67. The van der Waals surface area contributed by atoms with E-state index in [4.69, 9.17) is 11.6 Å². The molecule has 1 aliphatic carbocycles. The van der Waals surface area contributed by atoms with Crippen LogP contribution in [0.1, 0.15) is 43.0 Å². The van der Waals surface area contributed by atoms with Gasteiger partial charge in [-0.15, -0.1) is 0 Å². The molecule has 2 aromatic carbocycles. The minimum atomic E-state index is -0.394. The maximum Gasteiger partial charge on any atom is 0.253 e. The lowest BCUT2D eigenvalue weighted by atomic mass is 10.0. The van der Waals surface area contributed by atoms with Gasteiger partial charge < -0.3 is 10.2 Å². The lowest BCUT2D eigenvalue weighted by Gasteiger charge is -2.25. The summed E-state index contributed by atoms with van der Waals surface area (Å²) in [6.07, 6.45) is 2.98. The van der Waals surface area contributed by atoms with E-state index in [0.717, 1.165) is 19.3 Å². The molecule has 1 saturated carbocycles. The quantitative estimate of drug-likeness (QED) is 0.790. The molecule has 1 unspecified atom stereocenters. The summed E-state index contributed by atoms with van der Waals surface area (Å²) in [6.45, 7) is 1.83. The molecule has 2 aromatic rings. The van der Waals surface area contributed by atoms with Gasteiger partial charge >= 0.3 is 0 Å². The molecule has 0 heterocycles. The Bertz CT molecular complexity index is 869. The first-order valence-corrected chi connectivity index (χ1v) is 9.88. The lowest BCUT2D eigenvalue weighted by molar-refractivity contribution is -0.121. The number of nitrogens with zero attached hydrogens (tertiary/aromatic N) is 1. The summed E-state index contributed by atoms with van der Waals surface area (Å²) in [5.41, 5.74) is 1.69. The summed E-state index contributed by atoms with van der Waals surface area (Å²) in [5, 5.41) is 3.35. The first-order valence-electron chi connectivity index (χ1n) is 9.51. The minimum Gasteiger partial charge on any atom is -0.353 e. The fraction of sp³-hybridized carbons (Fsp3) is 0.364. The molecule has 2 amide bonds. The summed E-state index contributed by atoms with van der Waals surface area (Å²) in [7, 11) is 1.80. The number of halogens is 2. The van der Waals surface area contributed by atoms with E-state index in [2.05, 4.69) is 5.32 Å². The van der Waals surface area contributed by atoms with Crippen LogP contribution in [-0.4, -0.2) is 35.8 Å². The first kappa shape index (κ1) is 20.3. The Morgan fingerprint density at radius 1 is 1.18 bits per heavy atom. The van der Waals surface area contributed by atoms with Crippen LogP contribution in [0.4, 0.5) is 4.39 Å². The fourth-order valence-electron chi connectivity index (χ4n) is 3.66. The molecule has 2 atom stereocenters. The molecule has 1 N–H and O–H groups in total. The Labute approximate surface area is 169 Å². The van der Waals surface area contributed by atoms with Gasteiger partial charge in [-0.2, -0.15) is 0 Å². The molecule has 4 nitrogen and oxygen atoms in total. The zero-order valence-electron chi connectivity index (χ0n) is 16.0. The lowest BCUT2D eigenvalue weighted by Crippen LogP contribution is -2.38. The molecule has 1 aliphatic rings. The molecular formula is C22H24ClFN2O2. The number of hydrogen-bond acceptors (Lipinski definition) is 2. The van der Waals surface area contributed by atoms with Crippen molar-refractivity contribution in [3.63, 3.8) is 0 Å². The topological polar surface area (TPSA) is 49.4 Å². The molecule has 28 heavy (non-hydrogen) atoms. The van der Waals surface area contributed by atoms with Crippen LogP contribution < -0.4 is 5.32 Å². The number of rotatable bonds is 5. The Balaban J connectivity index is 1.67. The summed E-state index contributed by atoms with van der Waals surface area (Å²) in [5.74, 6) is -0.421. The largest absolute Gasteiger partial charge is 0.353 e. The van der Waals surface area contributed by atoms with Crippen molar-refractivity contribution >= 4 is 23.4 Å². The van der Waals surface area contributed by atoms with Crippen LogP contribution >= 0.6 is 11.6 Å². The maximum absolute atomic E-state index is 14.1. The number of hydrogen-bond donors (Lipinski definition) is 1. The van der Waals surface area contributed by atoms with Crippen molar-refractivity contribution in [2.24, 2.45) is 0 Å². The van der Waals surface area contributed by atoms with Crippen molar-refractivity contribution in [1.29, 1.82) is 0 Å². The molecule has 0 spiro atoms. The highest BCUT2D eigenvalue weighted by Crippen LogP contribution is 2.27. The van der Waals surface area contributed by atoms with Crippen LogP contribution in [0.25, 0.3) is 11.1 Å². The van der Waals surface area contributed by atoms with Gasteiger partial charge in [0.15, 0.2) is 0 Å². The Morgan fingerprint density at radius 2 is 1.89 bits per heavy atom. The summed E-state index contributed by atoms with van der Waals surface area (Å²) in [6, 6.07) is 11.7. The van der Waals surface area contributed by atoms with Gasteiger partial charge in [-0.25, -0.2) is 4.39 Å². The summed E-state index contributed by atoms with van der Waals surface area (Å²) in [4.78, 5) is 26.1. The van der Waals surface area contributed by atoms with Gasteiger partial charge in [-0.1, -0.05) is 30.7 Å². The third-order valence-corrected chi connectivity index (χ3v) is 5.57. The molecule has 0 saturated heterocycles. The molecule has 6 heteroatoms. The van der Waals surface area contributed by atoms with Gasteiger partial charge in [0.1, 0.15) is 5.82 Å². The van der Waals surface area contributed by atoms with Gasteiger partial charge in [-0.3, -0.25) is 9.59 Å². The van der Waals surface area contributed by atoms with Crippen LogP contribution in [-0.2, 0) is 4.79 Å². The minimum absolute atomic E-state index is 0.0460. The van der Waals surface area contributed by atoms with E-state index in [-0.39, 0.29) is 23.9 Å². The van der Waals surface area contributed by atoms with Gasteiger partial charge in [-0.05, 0) is 55.2 Å². The first-order chi connectivity index (χ1) is 13.4. The SMILES string of the molecule is CCC(=O)NC1CC[C@H](N(C)C(=O)c2ccc(-c3ccc(Cl)cc3F)cc2)C1. The second kappa shape index (κ2) is 8.74. The van der Waals surface area contributed by atoms with Crippen LogP contribution in [0.3, 0.4) is 0 Å². The number of carbonyl (C=O) groups excluding carboxylic acids is 2. The molecular weight excluding hydrogens is 379 g/mol. The second-order valence-corrected chi connectivity index (χ2v) is 7.64. The molecule has 0 radical (unpaired) electrons. The highest BCUT2D eigenvalue weighted by Gasteiger charge is 2.30. The molecule has 0 aliphatic heterocycles. The highest BCUT2D eigenvalue weighted by molar-refractivity contribution is 6.30. The molecule has 3 rings (SSSR count). The van der Waals surface area contributed by atoms with E-state index in [1.54, 1.807) is 48.3 Å². The molecule has 0 bridgehead atoms. The van der Waals surface area contributed by atoms with Gasteiger partial charge in [0.05, 0.1) is 0 Å². The number of carbonyl (C=O) groups is 2. The van der Waals surface area contributed by atoms with Crippen LogP contribution in [0, 0.1) is 5.82 Å². The van der Waals surface area contributed by atoms with E-state index in [1.807, 2.05) is 6.92 Å². The summed E-state index contributed by atoms with van der Waals surface area (Å²) >= 11 is 5.80. The predicted molar refractivity (Wildman–Crippen MR) is 109 cm³/mol. The van der Waals surface area contributed by atoms with E-state index in [1.165, 1.54) is 6.07 Å². The van der Waals surface area contributed by atoms with Crippen LogP contribution in [0.15, 0.2) is 42.5 Å². The summed E-state index contributed by atoms with van der Waals surface area (Å²) < 4.78 is 14.1. The average molecular weight is 403 g/mol. The third-order valence-electron chi connectivity index (χ3n) is 5.33. The van der Waals surface area contributed by atoms with Gasteiger partial charge in [0, 0.05) is 41.7 Å². The van der Waals surface area contributed by atoms with Crippen molar-refractivity contribution < 1.29 is 14.0 Å². The van der Waals surface area contributed by atoms with E-state index < -0.39 is 5.82 Å². The van der Waals surface area contributed by atoms with Crippen LogP contribution in [0.5, 0.6) is 0 Å². The monoisotopic (exact) mass is 402 g/mol. The van der Waals surface area contributed by atoms with Gasteiger partial charge in [0.2, 0.25) is 5.91 Å². The molecule has 148 valence electrons. The van der Waals surface area contributed by atoms with Crippen LogP contribution in [0.2, 0.25) is 5.02 Å². The zero-order chi connectivity index (χ0) is 20.3. The van der Waals surface area contributed by atoms with Crippen molar-refractivity contribution in [2.75, 3.05) is 7.05 Å². The highest BCUT2D eigenvalue weighted by atomic mass is 35.5. The maximum atomic E-state index is 14.1. The third kappa shape index (κ3) is 4.53. The average Bonchev–Trinajstić information content (AvgIpc) is 3.15. The van der Waals surface area contributed by atoms with Crippen molar-refractivity contribution in [3.05, 3.63) is 58.9 Å². The zero-order valence-corrected chi connectivity index (χ0v) is 16.8. The Hall–Kier alpha value is -2.40. The van der Waals surface area contributed by atoms with Gasteiger partial charge in [0.25, 0.3) is 5.91 Å². The van der Waals surface area contributed by atoms with E-state index >= 15 is 0 Å². The number of benzene rings is 2. The Morgan fingerprint density at radius 3 is 2.54 bits per heavy atom. The molecule has 0 aromatic heterocycles. The van der Waals surface area contributed by atoms with Crippen molar-refractivity contribution in [1.82, 2.24) is 10.2 Å². The van der Waals surface area contributed by atoms with Crippen molar-refractivity contribution in [2.45, 2.75) is 44.7 Å². The second-order valence-electron chi connectivity index (χ2n) is 7.20. The molecule has 1 fully saturated rings.